The van der Waals surface area contributed by atoms with E-state index in [1.54, 1.807) is 19.2 Å². The zero-order chi connectivity index (χ0) is 14.3. The van der Waals surface area contributed by atoms with E-state index in [-0.39, 0.29) is 18.1 Å². The molecule has 1 aromatic rings. The first-order chi connectivity index (χ1) is 9.04. The third-order valence-corrected chi connectivity index (χ3v) is 2.42. The second-order valence-corrected chi connectivity index (χ2v) is 3.97. The van der Waals surface area contributed by atoms with Crippen molar-refractivity contribution in [2.75, 3.05) is 32.1 Å². The average molecular weight is 267 g/mol. The van der Waals surface area contributed by atoms with Crippen molar-refractivity contribution >= 4 is 17.3 Å². The topological polar surface area (TPSA) is 93.5 Å². The highest BCUT2D eigenvalue weighted by molar-refractivity contribution is 5.81. The van der Waals surface area contributed by atoms with E-state index in [0.717, 1.165) is 5.56 Å². The molecular formula is C12H17N3O4. The molecule has 0 fully saturated rings. The van der Waals surface area contributed by atoms with E-state index in [1.165, 1.54) is 6.07 Å². The molecule has 0 spiro atoms. The summed E-state index contributed by atoms with van der Waals surface area (Å²) < 4.78 is 4.80. The van der Waals surface area contributed by atoms with Crippen LogP contribution >= 0.6 is 0 Å². The maximum Gasteiger partial charge on any atom is 0.292 e. The van der Waals surface area contributed by atoms with Gasteiger partial charge in [0.1, 0.15) is 5.69 Å². The van der Waals surface area contributed by atoms with E-state index < -0.39 is 4.92 Å². The molecule has 1 aromatic carbocycles. The number of benzene rings is 1. The Bertz CT molecular complexity index is 462. The van der Waals surface area contributed by atoms with Gasteiger partial charge in [0.15, 0.2) is 0 Å². The lowest BCUT2D eigenvalue weighted by atomic mass is 10.2. The van der Waals surface area contributed by atoms with Crippen LogP contribution in [0.15, 0.2) is 18.2 Å². The van der Waals surface area contributed by atoms with Gasteiger partial charge in [0.25, 0.3) is 5.69 Å². The molecule has 1 rings (SSSR count). The summed E-state index contributed by atoms with van der Waals surface area (Å²) in [6, 6.07) is 4.71. The molecule has 0 bridgehead atoms. The van der Waals surface area contributed by atoms with Crippen LogP contribution in [0.5, 0.6) is 0 Å². The number of amides is 1. The molecule has 0 unspecified atom stereocenters. The zero-order valence-corrected chi connectivity index (χ0v) is 10.9. The van der Waals surface area contributed by atoms with Crippen molar-refractivity contribution < 1.29 is 14.5 Å². The van der Waals surface area contributed by atoms with Gasteiger partial charge in [0.05, 0.1) is 18.1 Å². The number of carbonyl (C=O) groups excluding carboxylic acids is 1. The summed E-state index contributed by atoms with van der Waals surface area (Å²) in [6.07, 6.45) is 0. The van der Waals surface area contributed by atoms with Crippen LogP contribution in [0, 0.1) is 17.0 Å². The minimum absolute atomic E-state index is 0.0198. The third-order valence-electron chi connectivity index (χ3n) is 2.42. The van der Waals surface area contributed by atoms with Crippen molar-refractivity contribution in [1.29, 1.82) is 0 Å². The molecule has 7 nitrogen and oxygen atoms in total. The van der Waals surface area contributed by atoms with Gasteiger partial charge in [-0.25, -0.2) is 0 Å². The smallest absolute Gasteiger partial charge is 0.292 e. The van der Waals surface area contributed by atoms with Crippen molar-refractivity contribution in [2.45, 2.75) is 6.92 Å². The molecule has 104 valence electrons. The Morgan fingerprint density at radius 3 is 2.84 bits per heavy atom. The van der Waals surface area contributed by atoms with E-state index in [1.807, 2.05) is 6.92 Å². The highest BCUT2D eigenvalue weighted by Crippen LogP contribution is 2.24. The van der Waals surface area contributed by atoms with Crippen LogP contribution in [0.2, 0.25) is 0 Å². The Kier molecular flexibility index (Phi) is 5.74. The molecule has 0 aliphatic heterocycles. The van der Waals surface area contributed by atoms with Crippen LogP contribution < -0.4 is 10.6 Å². The summed E-state index contributed by atoms with van der Waals surface area (Å²) in [5.74, 6) is -0.243. The Morgan fingerprint density at radius 1 is 1.47 bits per heavy atom. The number of aryl methyl sites for hydroxylation is 1. The number of methoxy groups -OCH3 is 1. The number of nitrogens with one attached hydrogen (secondary N) is 2. The first kappa shape index (κ1) is 14.9. The number of carbonyl (C=O) groups is 1. The van der Waals surface area contributed by atoms with Crippen molar-refractivity contribution in [3.8, 4) is 0 Å². The first-order valence-electron chi connectivity index (χ1n) is 5.79. The summed E-state index contributed by atoms with van der Waals surface area (Å²) in [5, 5.41) is 16.2. The van der Waals surface area contributed by atoms with Crippen molar-refractivity contribution in [1.82, 2.24) is 5.32 Å². The number of ether oxygens (including phenoxy) is 1. The van der Waals surface area contributed by atoms with Gasteiger partial charge in [0, 0.05) is 19.7 Å². The SMILES string of the molecule is COCCNC(=O)CNc1cc(C)ccc1[N+](=O)[O-]. The van der Waals surface area contributed by atoms with Crippen LogP contribution in [-0.2, 0) is 9.53 Å². The van der Waals surface area contributed by atoms with E-state index in [2.05, 4.69) is 10.6 Å². The third kappa shape index (κ3) is 4.92. The molecule has 19 heavy (non-hydrogen) atoms. The number of nitrogens with zero attached hydrogens (tertiary/aromatic N) is 1. The van der Waals surface area contributed by atoms with Gasteiger partial charge in [-0.1, -0.05) is 6.07 Å². The molecule has 0 saturated heterocycles. The minimum atomic E-state index is -0.482. The number of hydrogen-bond donors (Lipinski definition) is 2. The lowest BCUT2D eigenvalue weighted by molar-refractivity contribution is -0.384. The van der Waals surface area contributed by atoms with Crippen molar-refractivity contribution in [3.63, 3.8) is 0 Å². The van der Waals surface area contributed by atoms with Crippen LogP contribution in [-0.4, -0.2) is 37.6 Å². The summed E-state index contributed by atoms with van der Waals surface area (Å²) in [7, 11) is 1.54. The maximum atomic E-state index is 11.5. The fourth-order valence-electron chi connectivity index (χ4n) is 1.48. The summed E-state index contributed by atoms with van der Waals surface area (Å²) in [4.78, 5) is 21.8. The lowest BCUT2D eigenvalue weighted by Crippen LogP contribution is -2.32. The Balaban J connectivity index is 2.59. The van der Waals surface area contributed by atoms with Gasteiger partial charge in [-0.2, -0.15) is 0 Å². The number of nitro groups is 1. The molecule has 0 radical (unpaired) electrons. The summed E-state index contributed by atoms with van der Waals surface area (Å²) in [5.41, 5.74) is 1.18. The van der Waals surface area contributed by atoms with Crippen LogP contribution in [0.3, 0.4) is 0 Å². The van der Waals surface area contributed by atoms with Gasteiger partial charge in [-0.3, -0.25) is 14.9 Å². The normalized spacial score (nSPS) is 10.0. The number of nitro benzene ring substituents is 1. The maximum absolute atomic E-state index is 11.5. The predicted molar refractivity (Wildman–Crippen MR) is 71.2 cm³/mol. The second-order valence-electron chi connectivity index (χ2n) is 3.97. The van der Waals surface area contributed by atoms with Crippen molar-refractivity contribution in [2.24, 2.45) is 0 Å². The number of rotatable bonds is 7. The highest BCUT2D eigenvalue weighted by atomic mass is 16.6. The van der Waals surface area contributed by atoms with E-state index in [4.69, 9.17) is 4.74 Å². The minimum Gasteiger partial charge on any atom is -0.383 e. The van der Waals surface area contributed by atoms with Gasteiger partial charge in [-0.15, -0.1) is 0 Å². The quantitative estimate of drug-likeness (QED) is 0.438. The largest absolute Gasteiger partial charge is 0.383 e. The zero-order valence-electron chi connectivity index (χ0n) is 10.9. The molecule has 7 heteroatoms. The summed E-state index contributed by atoms with van der Waals surface area (Å²) >= 11 is 0. The average Bonchev–Trinajstić information content (AvgIpc) is 2.36. The van der Waals surface area contributed by atoms with Gasteiger partial charge in [-0.05, 0) is 18.6 Å². The van der Waals surface area contributed by atoms with E-state index in [0.29, 0.717) is 18.8 Å². The molecule has 2 N–H and O–H groups in total. The Labute approximate surface area is 111 Å². The molecule has 0 heterocycles. The van der Waals surface area contributed by atoms with Gasteiger partial charge >= 0.3 is 0 Å². The van der Waals surface area contributed by atoms with E-state index >= 15 is 0 Å². The first-order valence-corrected chi connectivity index (χ1v) is 5.79. The molecular weight excluding hydrogens is 250 g/mol. The predicted octanol–water partition coefficient (Wildman–Crippen LogP) is 1.08. The lowest BCUT2D eigenvalue weighted by Gasteiger charge is -2.08. The van der Waals surface area contributed by atoms with Crippen molar-refractivity contribution in [3.05, 3.63) is 33.9 Å². The molecule has 0 atom stereocenters. The highest BCUT2D eigenvalue weighted by Gasteiger charge is 2.13. The Hall–Kier alpha value is -2.15. The molecule has 0 saturated carbocycles. The number of anilines is 1. The molecule has 0 aliphatic rings. The van der Waals surface area contributed by atoms with Gasteiger partial charge < -0.3 is 15.4 Å². The fourth-order valence-corrected chi connectivity index (χ4v) is 1.48. The molecule has 1 amide bonds. The van der Waals surface area contributed by atoms with Crippen LogP contribution in [0.1, 0.15) is 5.56 Å². The Morgan fingerprint density at radius 2 is 2.21 bits per heavy atom. The van der Waals surface area contributed by atoms with E-state index in [9.17, 15) is 14.9 Å². The summed E-state index contributed by atoms with van der Waals surface area (Å²) in [6.45, 7) is 2.64. The fraction of sp³-hybridized carbons (Fsp3) is 0.417. The van der Waals surface area contributed by atoms with Crippen LogP contribution in [0.4, 0.5) is 11.4 Å². The van der Waals surface area contributed by atoms with Gasteiger partial charge in [0.2, 0.25) is 5.91 Å². The molecule has 0 aliphatic carbocycles. The standard InChI is InChI=1S/C12H17N3O4/c1-9-3-4-11(15(17)18)10(7-9)14-8-12(16)13-5-6-19-2/h3-4,7,14H,5-6,8H2,1-2H3,(H,13,16). The number of hydrogen-bond acceptors (Lipinski definition) is 5. The molecule has 0 aromatic heterocycles. The van der Waals surface area contributed by atoms with Crippen LogP contribution in [0.25, 0.3) is 0 Å². The monoisotopic (exact) mass is 267 g/mol. The second kappa shape index (κ2) is 7.32.